The second kappa shape index (κ2) is 5.82. The predicted molar refractivity (Wildman–Crippen MR) is 76.5 cm³/mol. The zero-order chi connectivity index (χ0) is 13.8. The Balaban J connectivity index is 2.24. The lowest BCUT2D eigenvalue weighted by atomic mass is 10.1. The summed E-state index contributed by atoms with van der Waals surface area (Å²) < 4.78 is 1.85. The molecule has 5 nitrogen and oxygen atoms in total. The first-order chi connectivity index (χ1) is 9.09. The first kappa shape index (κ1) is 13.5. The van der Waals surface area contributed by atoms with Gasteiger partial charge in [0.05, 0.1) is 0 Å². The molecule has 0 spiro atoms. The molecule has 0 unspecified atom stereocenters. The highest BCUT2D eigenvalue weighted by molar-refractivity contribution is 5.74. The Hall–Kier alpha value is -1.91. The summed E-state index contributed by atoms with van der Waals surface area (Å²) in [6.45, 7) is 7.30. The van der Waals surface area contributed by atoms with E-state index in [0.717, 1.165) is 35.6 Å². The summed E-state index contributed by atoms with van der Waals surface area (Å²) in [6.07, 6.45) is 2.24. The van der Waals surface area contributed by atoms with Crippen molar-refractivity contribution in [2.45, 2.75) is 40.2 Å². The summed E-state index contributed by atoms with van der Waals surface area (Å²) >= 11 is 0. The van der Waals surface area contributed by atoms with E-state index in [1.807, 2.05) is 29.8 Å². The fraction of sp³-hybridized carbons (Fsp3) is 0.500. The molecule has 0 saturated carbocycles. The average molecular weight is 259 g/mol. The normalized spacial score (nSPS) is 11.2. The molecule has 2 N–H and O–H groups in total. The number of tetrazole rings is 1. The zero-order valence-corrected chi connectivity index (χ0v) is 11.8. The maximum Gasteiger partial charge on any atom is 0.184 e. The van der Waals surface area contributed by atoms with Crippen LogP contribution in [-0.4, -0.2) is 20.2 Å². The lowest BCUT2D eigenvalue weighted by Gasteiger charge is -2.10. The van der Waals surface area contributed by atoms with Gasteiger partial charge in [0, 0.05) is 17.8 Å². The van der Waals surface area contributed by atoms with Crippen molar-refractivity contribution in [3.63, 3.8) is 0 Å². The molecule has 1 aromatic carbocycles. The van der Waals surface area contributed by atoms with Crippen molar-refractivity contribution in [1.29, 1.82) is 0 Å². The molecular weight excluding hydrogens is 238 g/mol. The van der Waals surface area contributed by atoms with E-state index < -0.39 is 0 Å². The third-order valence-corrected chi connectivity index (χ3v) is 3.21. The summed E-state index contributed by atoms with van der Waals surface area (Å²) in [4.78, 5) is 0. The molecule has 2 aromatic rings. The van der Waals surface area contributed by atoms with E-state index in [1.54, 1.807) is 0 Å². The number of hydrogen-bond donors (Lipinski definition) is 1. The van der Waals surface area contributed by atoms with Crippen molar-refractivity contribution in [3.05, 3.63) is 23.8 Å². The van der Waals surface area contributed by atoms with E-state index in [2.05, 4.69) is 29.4 Å². The topological polar surface area (TPSA) is 69.6 Å². The van der Waals surface area contributed by atoms with E-state index in [0.29, 0.717) is 5.92 Å². The first-order valence-corrected chi connectivity index (χ1v) is 6.71. The van der Waals surface area contributed by atoms with Gasteiger partial charge in [0.15, 0.2) is 5.82 Å². The maximum absolute atomic E-state index is 6.05. The van der Waals surface area contributed by atoms with Crippen molar-refractivity contribution in [1.82, 2.24) is 20.2 Å². The molecule has 0 bridgehead atoms. The van der Waals surface area contributed by atoms with Gasteiger partial charge in [-0.1, -0.05) is 26.0 Å². The van der Waals surface area contributed by atoms with E-state index in [1.165, 1.54) is 6.42 Å². The quantitative estimate of drug-likeness (QED) is 0.838. The van der Waals surface area contributed by atoms with Gasteiger partial charge in [0.1, 0.15) is 0 Å². The fourth-order valence-corrected chi connectivity index (χ4v) is 2.18. The highest BCUT2D eigenvalue weighted by Gasteiger charge is 2.14. The van der Waals surface area contributed by atoms with Gasteiger partial charge in [-0.25, -0.2) is 4.68 Å². The van der Waals surface area contributed by atoms with Gasteiger partial charge < -0.3 is 5.73 Å². The van der Waals surface area contributed by atoms with E-state index in [-0.39, 0.29) is 0 Å². The molecule has 0 aliphatic heterocycles. The maximum atomic E-state index is 6.05. The van der Waals surface area contributed by atoms with Gasteiger partial charge in [-0.15, -0.1) is 5.10 Å². The highest BCUT2D eigenvalue weighted by Crippen LogP contribution is 2.27. The molecule has 0 aliphatic rings. The summed E-state index contributed by atoms with van der Waals surface area (Å²) in [6, 6.07) is 5.86. The van der Waals surface area contributed by atoms with Gasteiger partial charge in [-0.05, 0) is 47.7 Å². The Morgan fingerprint density at radius 3 is 2.79 bits per heavy atom. The molecule has 19 heavy (non-hydrogen) atoms. The van der Waals surface area contributed by atoms with Crippen LogP contribution in [-0.2, 0) is 6.54 Å². The van der Waals surface area contributed by atoms with Crippen molar-refractivity contribution >= 4 is 5.69 Å². The van der Waals surface area contributed by atoms with Crippen LogP contribution in [0.3, 0.4) is 0 Å². The zero-order valence-electron chi connectivity index (χ0n) is 11.8. The minimum atomic E-state index is 0.698. The molecule has 5 heteroatoms. The van der Waals surface area contributed by atoms with Gasteiger partial charge in [-0.2, -0.15) is 0 Å². The molecule has 0 radical (unpaired) electrons. The van der Waals surface area contributed by atoms with Gasteiger partial charge in [0.2, 0.25) is 0 Å². The van der Waals surface area contributed by atoms with Crippen LogP contribution in [0.25, 0.3) is 11.4 Å². The summed E-state index contributed by atoms with van der Waals surface area (Å²) in [7, 11) is 0. The summed E-state index contributed by atoms with van der Waals surface area (Å²) in [5.41, 5.74) is 8.81. The lowest BCUT2D eigenvalue weighted by molar-refractivity contribution is 0.485. The number of aryl methyl sites for hydroxylation is 2. The highest BCUT2D eigenvalue weighted by atomic mass is 15.5. The smallest absolute Gasteiger partial charge is 0.184 e. The predicted octanol–water partition coefficient (Wildman–Crippen LogP) is 2.67. The Labute approximate surface area is 113 Å². The molecule has 1 aromatic heterocycles. The van der Waals surface area contributed by atoms with Gasteiger partial charge in [0.25, 0.3) is 0 Å². The molecular formula is C14H21N5. The Morgan fingerprint density at radius 1 is 1.32 bits per heavy atom. The second-order valence-electron chi connectivity index (χ2n) is 5.30. The SMILES string of the molecule is Cc1cccc(N)c1-c1nnnn1CCCC(C)C. The molecule has 0 saturated heterocycles. The van der Waals surface area contributed by atoms with Crippen molar-refractivity contribution in [2.24, 2.45) is 5.92 Å². The molecule has 0 fully saturated rings. The Bertz CT molecular complexity index is 524. The third-order valence-electron chi connectivity index (χ3n) is 3.21. The van der Waals surface area contributed by atoms with E-state index >= 15 is 0 Å². The Morgan fingerprint density at radius 2 is 2.11 bits per heavy atom. The molecule has 102 valence electrons. The summed E-state index contributed by atoms with van der Waals surface area (Å²) in [5, 5.41) is 12.0. The Kier molecular flexibility index (Phi) is 4.14. The van der Waals surface area contributed by atoms with Crippen LogP contribution in [0.5, 0.6) is 0 Å². The molecule has 0 aliphatic carbocycles. The first-order valence-electron chi connectivity index (χ1n) is 6.71. The average Bonchev–Trinajstić information content (AvgIpc) is 2.77. The van der Waals surface area contributed by atoms with Crippen LogP contribution in [0.1, 0.15) is 32.3 Å². The van der Waals surface area contributed by atoms with Crippen LogP contribution in [0.15, 0.2) is 18.2 Å². The van der Waals surface area contributed by atoms with Crippen LogP contribution in [0.2, 0.25) is 0 Å². The molecule has 2 rings (SSSR count). The van der Waals surface area contributed by atoms with Crippen molar-refractivity contribution < 1.29 is 0 Å². The van der Waals surface area contributed by atoms with Crippen molar-refractivity contribution in [3.8, 4) is 11.4 Å². The lowest BCUT2D eigenvalue weighted by Crippen LogP contribution is -2.06. The third kappa shape index (κ3) is 3.10. The standard InChI is InChI=1S/C14H21N5/c1-10(2)6-5-9-19-14(16-17-18-19)13-11(3)7-4-8-12(13)15/h4,7-8,10H,5-6,9,15H2,1-3H3. The minimum Gasteiger partial charge on any atom is -0.398 e. The van der Waals surface area contributed by atoms with Gasteiger partial charge in [-0.3, -0.25) is 0 Å². The number of anilines is 1. The van der Waals surface area contributed by atoms with Crippen LogP contribution in [0.4, 0.5) is 5.69 Å². The number of hydrogen-bond acceptors (Lipinski definition) is 4. The minimum absolute atomic E-state index is 0.698. The number of nitrogens with two attached hydrogens (primary N) is 1. The largest absolute Gasteiger partial charge is 0.398 e. The molecule has 1 heterocycles. The summed E-state index contributed by atoms with van der Waals surface area (Å²) in [5.74, 6) is 1.46. The second-order valence-corrected chi connectivity index (χ2v) is 5.30. The van der Waals surface area contributed by atoms with Gasteiger partial charge >= 0.3 is 0 Å². The monoisotopic (exact) mass is 259 g/mol. The number of nitrogens with zero attached hydrogens (tertiary/aromatic N) is 4. The number of rotatable bonds is 5. The fourth-order valence-electron chi connectivity index (χ4n) is 2.18. The molecule has 0 amide bonds. The van der Waals surface area contributed by atoms with Crippen molar-refractivity contribution in [2.75, 3.05) is 5.73 Å². The van der Waals surface area contributed by atoms with Crippen LogP contribution < -0.4 is 5.73 Å². The van der Waals surface area contributed by atoms with Crippen LogP contribution in [0, 0.1) is 12.8 Å². The number of nitrogen functional groups attached to an aromatic ring is 1. The molecule has 0 atom stereocenters. The van der Waals surface area contributed by atoms with Crippen LogP contribution >= 0.6 is 0 Å². The van der Waals surface area contributed by atoms with E-state index in [9.17, 15) is 0 Å². The number of benzene rings is 1. The van der Waals surface area contributed by atoms with E-state index in [4.69, 9.17) is 5.73 Å². The number of aromatic nitrogens is 4.